The summed E-state index contributed by atoms with van der Waals surface area (Å²) in [6.45, 7) is 1.62. The van der Waals surface area contributed by atoms with Crippen LogP contribution in [0.25, 0.3) is 10.9 Å². The lowest BCUT2D eigenvalue weighted by Crippen LogP contribution is -2.34. The van der Waals surface area contributed by atoms with Gasteiger partial charge in [-0.2, -0.15) is 0 Å². The van der Waals surface area contributed by atoms with Gasteiger partial charge in [0, 0.05) is 11.6 Å². The number of pyridine rings is 1. The van der Waals surface area contributed by atoms with Gasteiger partial charge in [-0.15, -0.1) is 0 Å². The predicted molar refractivity (Wildman–Crippen MR) is 92.2 cm³/mol. The van der Waals surface area contributed by atoms with Crippen LogP contribution in [0.3, 0.4) is 0 Å². The number of nitrogens with zero attached hydrogens (tertiary/aromatic N) is 1. The molecule has 3 N–H and O–H groups in total. The zero-order chi connectivity index (χ0) is 17.1. The van der Waals surface area contributed by atoms with E-state index < -0.39 is 12.1 Å². The maximum absolute atomic E-state index is 12.3. The van der Waals surface area contributed by atoms with E-state index in [4.69, 9.17) is 16.0 Å². The highest BCUT2D eigenvalue weighted by atomic mass is 35.5. The largest absolute Gasteiger partial charge is 0.467 e. The van der Waals surface area contributed by atoms with Crippen molar-refractivity contribution < 1.29 is 14.3 Å². The third kappa shape index (κ3) is 3.20. The first-order chi connectivity index (χ1) is 11.6. The van der Waals surface area contributed by atoms with Gasteiger partial charge in [-0.05, 0) is 42.8 Å². The summed E-state index contributed by atoms with van der Waals surface area (Å²) in [5.41, 5.74) is 2.16. The molecule has 0 bridgehead atoms. The van der Waals surface area contributed by atoms with Crippen LogP contribution in [0.4, 0.5) is 10.5 Å². The molecule has 7 heteroatoms. The van der Waals surface area contributed by atoms with Crippen LogP contribution in [0.15, 0.2) is 47.2 Å². The lowest BCUT2D eigenvalue weighted by Gasteiger charge is -2.16. The third-order valence-electron chi connectivity index (χ3n) is 3.65. The first-order valence-corrected chi connectivity index (χ1v) is 7.73. The molecule has 0 spiro atoms. The molecule has 0 radical (unpaired) electrons. The highest BCUT2D eigenvalue weighted by Crippen LogP contribution is 2.32. The minimum Gasteiger partial charge on any atom is -0.467 e. The van der Waals surface area contributed by atoms with E-state index in [0.717, 1.165) is 16.5 Å². The Kier molecular flexibility index (Phi) is 4.69. The van der Waals surface area contributed by atoms with Gasteiger partial charge in [0.2, 0.25) is 0 Å². The Bertz CT molecular complexity index is 865. The SMILES string of the molecule is Cc1cc(Cl)c(NC(=O)N[C@H](CO)c2ccco2)c2cccnc12. The number of fused-ring (bicyclic) bond motifs is 1. The molecule has 3 rings (SSSR count). The summed E-state index contributed by atoms with van der Waals surface area (Å²) in [7, 11) is 0. The molecule has 124 valence electrons. The summed E-state index contributed by atoms with van der Waals surface area (Å²) < 4.78 is 5.21. The molecule has 6 nitrogen and oxygen atoms in total. The third-order valence-corrected chi connectivity index (χ3v) is 3.94. The number of halogens is 1. The molecular formula is C17H16ClN3O3. The number of anilines is 1. The van der Waals surface area contributed by atoms with Crippen LogP contribution in [0.1, 0.15) is 17.4 Å². The zero-order valence-corrected chi connectivity index (χ0v) is 13.7. The molecule has 0 saturated heterocycles. The lowest BCUT2D eigenvalue weighted by molar-refractivity contribution is 0.215. The summed E-state index contributed by atoms with van der Waals surface area (Å²) in [6.07, 6.45) is 3.17. The van der Waals surface area contributed by atoms with Crippen LogP contribution >= 0.6 is 11.6 Å². The number of aryl methyl sites for hydroxylation is 1. The standard InChI is InChI=1S/C17H16ClN3O3/c1-10-8-12(18)16(11-4-2-6-19-15(10)11)21-17(23)20-13(9-22)14-5-3-7-24-14/h2-8,13,22H,9H2,1H3,(H2,20,21,23)/t13-/m1/s1. The Morgan fingerprint density at radius 1 is 1.42 bits per heavy atom. The number of hydrogen-bond acceptors (Lipinski definition) is 4. The Labute approximate surface area is 143 Å². The minimum absolute atomic E-state index is 0.287. The Morgan fingerprint density at radius 3 is 2.96 bits per heavy atom. The molecule has 0 aliphatic heterocycles. The smallest absolute Gasteiger partial charge is 0.319 e. The number of amides is 2. The van der Waals surface area contributed by atoms with Crippen molar-refractivity contribution in [2.24, 2.45) is 0 Å². The average molecular weight is 346 g/mol. The number of aliphatic hydroxyl groups is 1. The van der Waals surface area contributed by atoms with Gasteiger partial charge in [0.05, 0.1) is 29.1 Å². The van der Waals surface area contributed by atoms with Crippen LogP contribution in [0, 0.1) is 6.92 Å². The van der Waals surface area contributed by atoms with E-state index in [-0.39, 0.29) is 6.61 Å². The molecular weight excluding hydrogens is 330 g/mol. The first kappa shape index (κ1) is 16.3. The predicted octanol–water partition coefficient (Wildman–Crippen LogP) is 3.64. The molecule has 0 aliphatic carbocycles. The van der Waals surface area contributed by atoms with E-state index in [1.54, 1.807) is 30.5 Å². The van der Waals surface area contributed by atoms with Crippen molar-refractivity contribution in [3.63, 3.8) is 0 Å². The minimum atomic E-state index is -0.645. The normalized spacial score (nSPS) is 12.1. The molecule has 0 aliphatic rings. The average Bonchev–Trinajstić information content (AvgIpc) is 3.11. The highest BCUT2D eigenvalue weighted by Gasteiger charge is 2.18. The fraction of sp³-hybridized carbons (Fsp3) is 0.176. The fourth-order valence-corrected chi connectivity index (χ4v) is 2.82. The van der Waals surface area contributed by atoms with E-state index in [0.29, 0.717) is 16.5 Å². The van der Waals surface area contributed by atoms with Crippen LogP contribution in [-0.2, 0) is 0 Å². The quantitative estimate of drug-likeness (QED) is 0.673. The highest BCUT2D eigenvalue weighted by molar-refractivity contribution is 6.35. The molecule has 0 unspecified atom stereocenters. The Hall–Kier alpha value is -2.57. The van der Waals surface area contributed by atoms with Crippen LogP contribution in [-0.4, -0.2) is 22.7 Å². The van der Waals surface area contributed by atoms with E-state index in [9.17, 15) is 9.90 Å². The van der Waals surface area contributed by atoms with Gasteiger partial charge in [-0.3, -0.25) is 4.98 Å². The number of rotatable bonds is 4. The van der Waals surface area contributed by atoms with E-state index in [1.807, 2.05) is 13.0 Å². The summed E-state index contributed by atoms with van der Waals surface area (Å²) in [5, 5.41) is 16.0. The number of urea groups is 1. The lowest BCUT2D eigenvalue weighted by atomic mass is 10.1. The molecule has 1 aromatic carbocycles. The summed E-state index contributed by atoms with van der Waals surface area (Å²) in [4.78, 5) is 16.6. The number of furan rings is 1. The first-order valence-electron chi connectivity index (χ1n) is 7.35. The van der Waals surface area contributed by atoms with E-state index in [1.165, 1.54) is 6.26 Å². The van der Waals surface area contributed by atoms with Crippen molar-refractivity contribution in [2.45, 2.75) is 13.0 Å². The van der Waals surface area contributed by atoms with E-state index >= 15 is 0 Å². The van der Waals surface area contributed by atoms with Gasteiger partial charge in [0.1, 0.15) is 11.8 Å². The molecule has 0 saturated carbocycles. The van der Waals surface area contributed by atoms with Crippen molar-refractivity contribution in [3.05, 3.63) is 59.1 Å². The summed E-state index contributed by atoms with van der Waals surface area (Å²) in [5.74, 6) is 0.467. The Morgan fingerprint density at radius 2 is 2.25 bits per heavy atom. The number of carbonyl (C=O) groups is 1. The van der Waals surface area contributed by atoms with Crippen molar-refractivity contribution in [3.8, 4) is 0 Å². The van der Waals surface area contributed by atoms with Crippen molar-refractivity contribution in [1.29, 1.82) is 0 Å². The van der Waals surface area contributed by atoms with Gasteiger partial charge in [0.25, 0.3) is 0 Å². The molecule has 1 atom stereocenters. The second-order valence-electron chi connectivity index (χ2n) is 5.30. The maximum atomic E-state index is 12.3. The molecule has 2 aromatic heterocycles. The van der Waals surface area contributed by atoms with Gasteiger partial charge in [0.15, 0.2) is 0 Å². The molecule has 24 heavy (non-hydrogen) atoms. The van der Waals surface area contributed by atoms with Gasteiger partial charge >= 0.3 is 6.03 Å². The molecule has 0 fully saturated rings. The fourth-order valence-electron chi connectivity index (χ4n) is 2.51. The van der Waals surface area contributed by atoms with Crippen LogP contribution in [0.2, 0.25) is 5.02 Å². The molecule has 2 heterocycles. The molecule has 2 amide bonds. The second kappa shape index (κ2) is 6.90. The topological polar surface area (TPSA) is 87.4 Å². The number of carbonyl (C=O) groups excluding carboxylic acids is 1. The van der Waals surface area contributed by atoms with Gasteiger partial charge in [-0.25, -0.2) is 4.79 Å². The van der Waals surface area contributed by atoms with Gasteiger partial charge in [-0.1, -0.05) is 11.6 Å². The molecule has 3 aromatic rings. The Balaban J connectivity index is 1.86. The number of aromatic nitrogens is 1. The van der Waals surface area contributed by atoms with E-state index in [2.05, 4.69) is 15.6 Å². The number of nitrogens with one attached hydrogen (secondary N) is 2. The number of aliphatic hydroxyl groups excluding tert-OH is 1. The summed E-state index contributed by atoms with van der Waals surface area (Å²) >= 11 is 6.28. The number of benzene rings is 1. The monoisotopic (exact) mass is 345 g/mol. The van der Waals surface area contributed by atoms with Crippen molar-refractivity contribution in [2.75, 3.05) is 11.9 Å². The van der Waals surface area contributed by atoms with Crippen LogP contribution in [0.5, 0.6) is 0 Å². The number of hydrogen-bond donors (Lipinski definition) is 3. The summed E-state index contributed by atoms with van der Waals surface area (Å²) in [6, 6.07) is 7.60. The van der Waals surface area contributed by atoms with Crippen LogP contribution < -0.4 is 10.6 Å². The zero-order valence-electron chi connectivity index (χ0n) is 12.9. The van der Waals surface area contributed by atoms with Gasteiger partial charge < -0.3 is 20.2 Å². The van der Waals surface area contributed by atoms with Crippen molar-refractivity contribution >= 4 is 34.2 Å². The van der Waals surface area contributed by atoms with Crippen molar-refractivity contribution in [1.82, 2.24) is 10.3 Å². The maximum Gasteiger partial charge on any atom is 0.319 e. The second-order valence-corrected chi connectivity index (χ2v) is 5.71.